The van der Waals surface area contributed by atoms with Crippen LogP contribution in [0.25, 0.3) is 17.0 Å². The molecule has 4 aromatic rings. The van der Waals surface area contributed by atoms with Gasteiger partial charge in [-0.25, -0.2) is 9.97 Å². The van der Waals surface area contributed by atoms with Gasteiger partial charge in [0.2, 0.25) is 5.78 Å². The summed E-state index contributed by atoms with van der Waals surface area (Å²) in [7, 11) is 0. The summed E-state index contributed by atoms with van der Waals surface area (Å²) in [6.45, 7) is 1.93. The summed E-state index contributed by atoms with van der Waals surface area (Å²) in [5, 5.41) is 11.8. The van der Waals surface area contributed by atoms with E-state index in [0.29, 0.717) is 22.6 Å². The zero-order valence-corrected chi connectivity index (χ0v) is 14.5. The maximum Gasteiger partial charge on any atom is 0.255 e. The molecule has 2 aromatic carbocycles. The van der Waals surface area contributed by atoms with E-state index in [1.165, 1.54) is 0 Å². The maximum atomic E-state index is 12.5. The van der Waals surface area contributed by atoms with Crippen molar-refractivity contribution in [2.24, 2.45) is 0 Å². The number of aromatic nitrogens is 3. The Bertz CT molecular complexity index is 1150. The van der Waals surface area contributed by atoms with Crippen LogP contribution in [-0.4, -0.2) is 20.3 Å². The fraction of sp³-hybridized carbons (Fsp3) is 0.0476. The minimum atomic E-state index is -0.226. The average molecular weight is 353 g/mol. The average Bonchev–Trinajstić information content (AvgIpc) is 3.14. The molecule has 0 unspecified atom stereocenters. The Morgan fingerprint density at radius 2 is 2.00 bits per heavy atom. The van der Waals surface area contributed by atoms with Crippen molar-refractivity contribution in [2.75, 3.05) is 5.32 Å². The first-order valence-electron chi connectivity index (χ1n) is 8.36. The van der Waals surface area contributed by atoms with E-state index in [4.69, 9.17) is 5.26 Å². The molecule has 6 heteroatoms. The van der Waals surface area contributed by atoms with Crippen LogP contribution in [0, 0.1) is 18.3 Å². The van der Waals surface area contributed by atoms with Crippen LogP contribution in [0.5, 0.6) is 0 Å². The van der Waals surface area contributed by atoms with Crippen LogP contribution in [0.3, 0.4) is 0 Å². The van der Waals surface area contributed by atoms with E-state index in [1.54, 1.807) is 30.5 Å². The maximum absolute atomic E-state index is 12.5. The van der Waals surface area contributed by atoms with Gasteiger partial charge in [0.15, 0.2) is 0 Å². The van der Waals surface area contributed by atoms with Crippen molar-refractivity contribution in [1.29, 1.82) is 5.26 Å². The molecule has 0 aliphatic heterocycles. The first-order valence-corrected chi connectivity index (χ1v) is 8.36. The molecule has 27 heavy (non-hydrogen) atoms. The minimum Gasteiger partial charge on any atom is -0.322 e. The SMILES string of the molecule is Cc1ccc(-c2cn3cccnc3n2)cc1NC(=O)c1ccc(C#N)cc1. The van der Waals surface area contributed by atoms with Crippen LogP contribution in [0.1, 0.15) is 21.5 Å². The van der Waals surface area contributed by atoms with E-state index in [2.05, 4.69) is 15.3 Å². The van der Waals surface area contributed by atoms with Crippen molar-refractivity contribution in [2.45, 2.75) is 6.92 Å². The van der Waals surface area contributed by atoms with Crippen LogP contribution < -0.4 is 5.32 Å². The van der Waals surface area contributed by atoms with Crippen molar-refractivity contribution in [1.82, 2.24) is 14.4 Å². The van der Waals surface area contributed by atoms with Gasteiger partial charge in [-0.15, -0.1) is 0 Å². The molecule has 0 atom stereocenters. The Balaban J connectivity index is 1.64. The Labute approximate surface area is 155 Å². The molecule has 0 radical (unpaired) electrons. The predicted molar refractivity (Wildman–Crippen MR) is 102 cm³/mol. The molecule has 0 aliphatic rings. The second-order valence-corrected chi connectivity index (χ2v) is 6.13. The molecule has 1 N–H and O–H groups in total. The lowest BCUT2D eigenvalue weighted by atomic mass is 10.1. The van der Waals surface area contributed by atoms with Gasteiger partial charge in [0, 0.05) is 35.4 Å². The van der Waals surface area contributed by atoms with Crippen LogP contribution in [-0.2, 0) is 0 Å². The second-order valence-electron chi connectivity index (χ2n) is 6.13. The number of nitrogens with zero attached hydrogens (tertiary/aromatic N) is 4. The molecule has 130 valence electrons. The summed E-state index contributed by atoms with van der Waals surface area (Å²) < 4.78 is 1.85. The lowest BCUT2D eigenvalue weighted by Crippen LogP contribution is -2.12. The van der Waals surface area contributed by atoms with Gasteiger partial charge < -0.3 is 5.32 Å². The topological polar surface area (TPSA) is 83.1 Å². The van der Waals surface area contributed by atoms with E-state index < -0.39 is 0 Å². The van der Waals surface area contributed by atoms with Crippen molar-refractivity contribution in [3.05, 3.63) is 83.8 Å². The lowest BCUT2D eigenvalue weighted by molar-refractivity contribution is 0.102. The molecule has 1 amide bonds. The highest BCUT2D eigenvalue weighted by molar-refractivity contribution is 6.05. The van der Waals surface area contributed by atoms with Crippen LogP contribution in [0.4, 0.5) is 5.69 Å². The molecule has 6 nitrogen and oxygen atoms in total. The molecular formula is C21H15N5O. The molecule has 0 fully saturated rings. The number of amides is 1. The normalized spacial score (nSPS) is 10.5. The molecule has 0 bridgehead atoms. The number of nitriles is 1. The van der Waals surface area contributed by atoms with Gasteiger partial charge in [-0.2, -0.15) is 5.26 Å². The van der Waals surface area contributed by atoms with E-state index in [1.807, 2.05) is 54.1 Å². The smallest absolute Gasteiger partial charge is 0.255 e. The van der Waals surface area contributed by atoms with Gasteiger partial charge in [-0.3, -0.25) is 9.20 Å². The molecule has 0 aliphatic carbocycles. The fourth-order valence-electron chi connectivity index (χ4n) is 2.78. The van der Waals surface area contributed by atoms with E-state index in [9.17, 15) is 4.79 Å². The summed E-state index contributed by atoms with van der Waals surface area (Å²) in [4.78, 5) is 21.3. The van der Waals surface area contributed by atoms with E-state index >= 15 is 0 Å². The third kappa shape index (κ3) is 3.26. The van der Waals surface area contributed by atoms with Crippen molar-refractivity contribution < 1.29 is 4.79 Å². The zero-order valence-electron chi connectivity index (χ0n) is 14.5. The Hall–Kier alpha value is -3.98. The molecule has 4 rings (SSSR count). The highest BCUT2D eigenvalue weighted by Crippen LogP contribution is 2.25. The van der Waals surface area contributed by atoms with Gasteiger partial charge in [0.05, 0.1) is 17.3 Å². The zero-order chi connectivity index (χ0) is 18.8. The number of anilines is 1. The van der Waals surface area contributed by atoms with Crippen LogP contribution >= 0.6 is 0 Å². The number of fused-ring (bicyclic) bond motifs is 1. The third-order valence-electron chi connectivity index (χ3n) is 4.29. The molecule has 0 spiro atoms. The summed E-state index contributed by atoms with van der Waals surface area (Å²) in [5.74, 6) is 0.396. The number of carbonyl (C=O) groups is 1. The fourth-order valence-corrected chi connectivity index (χ4v) is 2.78. The number of aryl methyl sites for hydroxylation is 1. The van der Waals surface area contributed by atoms with Crippen molar-refractivity contribution >= 4 is 17.4 Å². The van der Waals surface area contributed by atoms with Crippen LogP contribution in [0.15, 0.2) is 67.1 Å². The highest BCUT2D eigenvalue weighted by Gasteiger charge is 2.11. The van der Waals surface area contributed by atoms with Crippen molar-refractivity contribution in [3.8, 4) is 17.3 Å². The van der Waals surface area contributed by atoms with Gasteiger partial charge in [-0.1, -0.05) is 12.1 Å². The van der Waals surface area contributed by atoms with Gasteiger partial charge in [-0.05, 0) is 48.9 Å². The number of benzene rings is 2. The summed E-state index contributed by atoms with van der Waals surface area (Å²) >= 11 is 0. The largest absolute Gasteiger partial charge is 0.322 e. The monoisotopic (exact) mass is 353 g/mol. The first-order chi connectivity index (χ1) is 13.1. The van der Waals surface area contributed by atoms with Gasteiger partial charge >= 0.3 is 0 Å². The molecule has 0 saturated carbocycles. The molecular weight excluding hydrogens is 338 g/mol. The van der Waals surface area contributed by atoms with E-state index in [-0.39, 0.29) is 5.91 Å². The number of hydrogen-bond acceptors (Lipinski definition) is 4. The molecule has 2 heterocycles. The quantitative estimate of drug-likeness (QED) is 0.607. The number of rotatable bonds is 3. The first kappa shape index (κ1) is 16.5. The van der Waals surface area contributed by atoms with Crippen molar-refractivity contribution in [3.63, 3.8) is 0 Å². The lowest BCUT2D eigenvalue weighted by Gasteiger charge is -2.10. The molecule has 0 saturated heterocycles. The van der Waals surface area contributed by atoms with Gasteiger partial charge in [0.25, 0.3) is 5.91 Å². The van der Waals surface area contributed by atoms with Gasteiger partial charge in [0.1, 0.15) is 0 Å². The number of hydrogen-bond donors (Lipinski definition) is 1. The summed E-state index contributed by atoms with van der Waals surface area (Å²) in [5.41, 5.74) is 4.35. The second kappa shape index (κ2) is 6.73. The highest BCUT2D eigenvalue weighted by atomic mass is 16.1. The Morgan fingerprint density at radius 1 is 1.19 bits per heavy atom. The Morgan fingerprint density at radius 3 is 2.74 bits per heavy atom. The Kier molecular flexibility index (Phi) is 4.11. The van der Waals surface area contributed by atoms with E-state index in [0.717, 1.165) is 16.8 Å². The standard InChI is InChI=1S/C21H15N5O/c1-14-3-6-17(19-13-26-10-2-9-23-21(26)25-19)11-18(14)24-20(27)16-7-4-15(12-22)5-8-16/h2-11,13H,1H3,(H,24,27). The third-order valence-corrected chi connectivity index (χ3v) is 4.29. The minimum absolute atomic E-state index is 0.226. The number of imidazole rings is 1. The molecule has 2 aromatic heterocycles. The predicted octanol–water partition coefficient (Wildman–Crippen LogP) is 3.83. The number of carbonyl (C=O) groups excluding carboxylic acids is 1. The number of nitrogens with one attached hydrogen (secondary N) is 1. The summed E-state index contributed by atoms with van der Waals surface area (Å²) in [6, 6.07) is 16.2. The van der Waals surface area contributed by atoms with Crippen LogP contribution in [0.2, 0.25) is 0 Å². The summed E-state index contributed by atoms with van der Waals surface area (Å²) in [6.07, 6.45) is 5.49.